The molecule has 0 fully saturated rings. The van der Waals surface area contributed by atoms with Gasteiger partial charge in [0.05, 0.1) is 12.4 Å². The van der Waals surface area contributed by atoms with Gasteiger partial charge in [0.1, 0.15) is 11.5 Å². The van der Waals surface area contributed by atoms with E-state index in [4.69, 9.17) is 5.10 Å². The van der Waals surface area contributed by atoms with Crippen molar-refractivity contribution in [2.24, 2.45) is 0 Å². The van der Waals surface area contributed by atoms with Crippen molar-refractivity contribution in [3.8, 4) is 0 Å². The van der Waals surface area contributed by atoms with Crippen molar-refractivity contribution < 1.29 is 9.18 Å². The maximum atomic E-state index is 13.4. The summed E-state index contributed by atoms with van der Waals surface area (Å²) in [5, 5.41) is 11.0. The third-order valence-electron chi connectivity index (χ3n) is 5.30. The number of carbonyl (C=O) groups excluding carboxylic acids is 1. The second-order valence-corrected chi connectivity index (χ2v) is 7.21. The fourth-order valence-corrected chi connectivity index (χ4v) is 3.74. The highest BCUT2D eigenvalue weighted by atomic mass is 19.1. The van der Waals surface area contributed by atoms with Crippen LogP contribution in [0.2, 0.25) is 0 Å². The van der Waals surface area contributed by atoms with Crippen molar-refractivity contribution in [2.45, 2.75) is 45.8 Å². The van der Waals surface area contributed by atoms with Crippen LogP contribution in [0, 0.1) is 12.7 Å². The van der Waals surface area contributed by atoms with E-state index in [-0.39, 0.29) is 11.7 Å². The lowest BCUT2D eigenvalue weighted by molar-refractivity contribution is 0.0947. The highest BCUT2D eigenvalue weighted by molar-refractivity contribution is 5.94. The molecule has 0 radical (unpaired) electrons. The molecule has 0 saturated heterocycles. The molecular formula is C19H24FN5O. The first-order valence-electron chi connectivity index (χ1n) is 9.14. The van der Waals surface area contributed by atoms with Crippen LogP contribution in [-0.4, -0.2) is 39.8 Å². The molecule has 1 aromatic heterocycles. The highest BCUT2D eigenvalue weighted by Crippen LogP contribution is 2.27. The van der Waals surface area contributed by atoms with E-state index < -0.39 is 0 Å². The first-order valence-corrected chi connectivity index (χ1v) is 9.14. The maximum absolute atomic E-state index is 13.4. The second kappa shape index (κ2) is 6.72. The quantitative estimate of drug-likeness (QED) is 0.885. The summed E-state index contributed by atoms with van der Waals surface area (Å²) in [7, 11) is 0. The third-order valence-corrected chi connectivity index (χ3v) is 5.30. The highest BCUT2D eigenvalue weighted by Gasteiger charge is 2.32. The van der Waals surface area contributed by atoms with E-state index in [0.717, 1.165) is 36.3 Å². The molecule has 0 saturated carbocycles. The Morgan fingerprint density at radius 3 is 3.08 bits per heavy atom. The number of amides is 1. The van der Waals surface area contributed by atoms with Gasteiger partial charge in [-0.25, -0.2) is 4.39 Å². The van der Waals surface area contributed by atoms with Gasteiger partial charge in [0, 0.05) is 43.3 Å². The molecule has 2 aliphatic heterocycles. The van der Waals surface area contributed by atoms with Crippen LogP contribution < -0.4 is 10.6 Å². The van der Waals surface area contributed by atoms with Crippen LogP contribution >= 0.6 is 0 Å². The van der Waals surface area contributed by atoms with Gasteiger partial charge in [-0.3, -0.25) is 14.4 Å². The molecule has 4 rings (SSSR count). The van der Waals surface area contributed by atoms with Crippen molar-refractivity contribution >= 4 is 11.6 Å². The van der Waals surface area contributed by atoms with Crippen LogP contribution in [0.5, 0.6) is 0 Å². The fraction of sp³-hybridized carbons (Fsp3) is 0.474. The van der Waals surface area contributed by atoms with Gasteiger partial charge in [-0.1, -0.05) is 0 Å². The summed E-state index contributed by atoms with van der Waals surface area (Å²) in [6.07, 6.45) is 1.73. The van der Waals surface area contributed by atoms with Crippen molar-refractivity contribution in [2.75, 3.05) is 18.5 Å². The number of carbonyl (C=O) groups is 1. The average molecular weight is 357 g/mol. The van der Waals surface area contributed by atoms with Crippen LogP contribution in [0.1, 0.15) is 40.7 Å². The molecule has 0 bridgehead atoms. The van der Waals surface area contributed by atoms with Gasteiger partial charge < -0.3 is 10.6 Å². The molecule has 2 N–H and O–H groups in total. The number of hydrogen-bond donors (Lipinski definition) is 2. The molecule has 1 aromatic carbocycles. The minimum absolute atomic E-state index is 0.0205. The number of nitrogens with zero attached hydrogens (tertiary/aromatic N) is 3. The second-order valence-electron chi connectivity index (χ2n) is 7.21. The van der Waals surface area contributed by atoms with Gasteiger partial charge >= 0.3 is 0 Å². The molecule has 6 nitrogen and oxygen atoms in total. The first-order chi connectivity index (χ1) is 12.5. The molecular weight excluding hydrogens is 333 g/mol. The Hall–Kier alpha value is -2.41. The summed E-state index contributed by atoms with van der Waals surface area (Å²) in [4.78, 5) is 14.7. The Morgan fingerprint density at radius 1 is 1.42 bits per heavy atom. The zero-order chi connectivity index (χ0) is 18.3. The lowest BCUT2D eigenvalue weighted by atomic mass is 10.00. The predicted molar refractivity (Wildman–Crippen MR) is 97.5 cm³/mol. The van der Waals surface area contributed by atoms with E-state index in [9.17, 15) is 9.18 Å². The van der Waals surface area contributed by atoms with Gasteiger partial charge in [-0.15, -0.1) is 0 Å². The number of anilines is 1. The largest absolute Gasteiger partial charge is 0.372 e. The smallest absolute Gasteiger partial charge is 0.269 e. The van der Waals surface area contributed by atoms with Crippen molar-refractivity contribution in [1.29, 1.82) is 0 Å². The zero-order valence-electron chi connectivity index (χ0n) is 15.2. The van der Waals surface area contributed by atoms with Gasteiger partial charge in [-0.2, -0.15) is 5.10 Å². The number of hydrogen-bond acceptors (Lipinski definition) is 4. The minimum Gasteiger partial charge on any atom is -0.372 e. The van der Waals surface area contributed by atoms with Crippen LogP contribution in [0.15, 0.2) is 18.2 Å². The number of aromatic nitrogens is 2. The van der Waals surface area contributed by atoms with Crippen molar-refractivity contribution in [3.05, 3.63) is 46.5 Å². The number of nitrogens with one attached hydrogen (secondary N) is 2. The van der Waals surface area contributed by atoms with E-state index in [2.05, 4.69) is 22.5 Å². The summed E-state index contributed by atoms with van der Waals surface area (Å²) in [5.74, 6) is -0.215. The molecule has 1 amide bonds. The average Bonchev–Trinajstić information content (AvgIpc) is 2.86. The van der Waals surface area contributed by atoms with Gasteiger partial charge in [-0.05, 0) is 44.0 Å². The summed E-state index contributed by atoms with van der Waals surface area (Å²) >= 11 is 0. The Kier molecular flexibility index (Phi) is 4.40. The fourth-order valence-electron chi connectivity index (χ4n) is 3.74. The number of fused-ring (bicyclic) bond motifs is 3. The van der Waals surface area contributed by atoms with Crippen molar-refractivity contribution in [3.63, 3.8) is 0 Å². The molecule has 0 aliphatic carbocycles. The summed E-state index contributed by atoms with van der Waals surface area (Å²) in [6, 6.07) is 5.37. The topological polar surface area (TPSA) is 62.2 Å². The van der Waals surface area contributed by atoms with Gasteiger partial charge in [0.25, 0.3) is 5.91 Å². The summed E-state index contributed by atoms with van der Waals surface area (Å²) < 4.78 is 15.3. The Morgan fingerprint density at radius 2 is 2.27 bits per heavy atom. The normalized spacial score (nSPS) is 20.1. The Labute approximate surface area is 152 Å². The monoisotopic (exact) mass is 357 g/mol. The minimum atomic E-state index is -0.194. The Bertz CT molecular complexity index is 847. The first kappa shape index (κ1) is 17.0. The van der Waals surface area contributed by atoms with E-state index >= 15 is 0 Å². The van der Waals surface area contributed by atoms with Crippen LogP contribution in [0.3, 0.4) is 0 Å². The molecule has 26 heavy (non-hydrogen) atoms. The summed E-state index contributed by atoms with van der Waals surface area (Å²) in [6.45, 7) is 6.73. The zero-order valence-corrected chi connectivity index (χ0v) is 15.2. The molecule has 138 valence electrons. The summed E-state index contributed by atoms with van der Waals surface area (Å²) in [5.41, 5.74) is 4.32. The maximum Gasteiger partial charge on any atom is 0.269 e. The van der Waals surface area contributed by atoms with Crippen molar-refractivity contribution in [1.82, 2.24) is 20.0 Å². The number of halogens is 1. The standard InChI is InChI=1S/C19H24FN5O/c1-12-8-14(4-5-16(12)20)22-11-24-10-15-17(9-13(24)2)23-25-7-3-6-21-19(26)18(15)25/h4-5,8,13,22H,3,6-7,9-11H2,1-2H3,(H,21,26)/t13-/m1/s1. The molecule has 0 unspecified atom stereocenters. The molecule has 3 heterocycles. The molecule has 2 aliphatic rings. The lowest BCUT2D eigenvalue weighted by Crippen LogP contribution is -2.41. The van der Waals surface area contributed by atoms with E-state index in [1.165, 1.54) is 6.07 Å². The number of benzene rings is 1. The Balaban J connectivity index is 1.53. The van der Waals surface area contributed by atoms with E-state index in [0.29, 0.717) is 37.1 Å². The van der Waals surface area contributed by atoms with Gasteiger partial charge in [0.15, 0.2) is 0 Å². The van der Waals surface area contributed by atoms with Crippen LogP contribution in [0.4, 0.5) is 10.1 Å². The molecule has 0 spiro atoms. The number of rotatable bonds is 3. The predicted octanol–water partition coefficient (Wildman–Crippen LogP) is 2.28. The molecule has 1 atom stereocenters. The molecule has 2 aromatic rings. The van der Waals surface area contributed by atoms with Crippen LogP contribution in [0.25, 0.3) is 0 Å². The third kappa shape index (κ3) is 3.07. The van der Waals surface area contributed by atoms with E-state index in [1.54, 1.807) is 13.0 Å². The van der Waals surface area contributed by atoms with Gasteiger partial charge in [0.2, 0.25) is 0 Å². The lowest BCUT2D eigenvalue weighted by Gasteiger charge is -2.33. The molecule has 7 heteroatoms. The van der Waals surface area contributed by atoms with E-state index in [1.807, 2.05) is 10.7 Å². The van der Waals surface area contributed by atoms with Crippen LogP contribution in [-0.2, 0) is 19.5 Å². The number of aryl methyl sites for hydroxylation is 2. The SMILES string of the molecule is Cc1cc(NCN2Cc3c(nn4c3C(=O)NCCC4)C[C@H]2C)ccc1F.